The summed E-state index contributed by atoms with van der Waals surface area (Å²) in [6.45, 7) is 2.28. The Labute approximate surface area is 134 Å². The number of halogens is 5. The molecule has 0 aliphatic carbocycles. The Hall–Kier alpha value is -0.830. The zero-order valence-corrected chi connectivity index (χ0v) is 13.9. The van der Waals surface area contributed by atoms with Crippen molar-refractivity contribution in [2.45, 2.75) is 25.0 Å². The van der Waals surface area contributed by atoms with Crippen LogP contribution in [-0.4, -0.2) is 18.2 Å². The molecule has 0 atom stereocenters. The van der Waals surface area contributed by atoms with Gasteiger partial charge in [0.1, 0.15) is 0 Å². The van der Waals surface area contributed by atoms with Crippen LogP contribution < -0.4 is 4.72 Å². The highest BCUT2D eigenvalue weighted by Gasteiger charge is 2.54. The van der Waals surface area contributed by atoms with Crippen molar-refractivity contribution in [3.8, 4) is 0 Å². The average molecular weight is 379 g/mol. The lowest BCUT2D eigenvalue weighted by Gasteiger charge is -2.25. The molecule has 0 unspecified atom stereocenters. The molecule has 1 aromatic carbocycles. The predicted octanol–water partition coefficient (Wildman–Crippen LogP) is 5.58. The van der Waals surface area contributed by atoms with Crippen molar-refractivity contribution < 1.29 is 35.6 Å². The fraction of sp³-hybridized carbons (Fsp3) is 0.500. The minimum Gasteiger partial charge on any atom is -0.324 e. The summed E-state index contributed by atoms with van der Waals surface area (Å²) in [5.41, 5.74) is -0.920. The standard InChI is InChI=1S/C12H15F5NO3PS/c1-3-20-22(19,21-4-2)12(16,17)23-18-10-7-5-9(6-8-10)11(13,14)15/h5-8,18H,3-4H2,1-2H3. The first kappa shape index (κ1) is 20.2. The molecule has 0 bridgehead atoms. The second kappa shape index (κ2) is 7.83. The molecule has 11 heteroatoms. The minimum atomic E-state index is -4.71. The lowest BCUT2D eigenvalue weighted by atomic mass is 10.2. The van der Waals surface area contributed by atoms with E-state index in [1.807, 2.05) is 0 Å². The zero-order chi connectivity index (χ0) is 17.7. The van der Waals surface area contributed by atoms with Gasteiger partial charge in [-0.25, -0.2) is 0 Å². The molecule has 23 heavy (non-hydrogen) atoms. The number of hydrogen-bond donors (Lipinski definition) is 1. The van der Waals surface area contributed by atoms with Crippen LogP contribution in [0.1, 0.15) is 19.4 Å². The Bertz CT molecular complexity index is 543. The third-order valence-corrected chi connectivity index (χ3v) is 5.78. The molecule has 4 nitrogen and oxygen atoms in total. The fourth-order valence-corrected chi connectivity index (χ4v) is 3.76. The molecular formula is C12H15F5NO3PS. The van der Waals surface area contributed by atoms with Crippen LogP contribution in [0, 0.1) is 0 Å². The van der Waals surface area contributed by atoms with Gasteiger partial charge in [0.25, 0.3) is 0 Å². The van der Waals surface area contributed by atoms with E-state index in [9.17, 15) is 26.5 Å². The Balaban J connectivity index is 2.80. The molecule has 0 aliphatic heterocycles. The van der Waals surface area contributed by atoms with Crippen molar-refractivity contribution >= 4 is 25.2 Å². The third kappa shape index (κ3) is 5.34. The molecule has 0 aromatic heterocycles. The predicted molar refractivity (Wildman–Crippen MR) is 78.5 cm³/mol. The molecule has 0 spiro atoms. The van der Waals surface area contributed by atoms with Crippen molar-refractivity contribution in [2.75, 3.05) is 17.9 Å². The highest BCUT2D eigenvalue weighted by Crippen LogP contribution is 2.66. The van der Waals surface area contributed by atoms with Gasteiger partial charge in [-0.3, -0.25) is 4.57 Å². The summed E-state index contributed by atoms with van der Waals surface area (Å²) in [5, 5.41) is 0. The van der Waals surface area contributed by atoms with Gasteiger partial charge in [0.2, 0.25) is 0 Å². The van der Waals surface area contributed by atoms with Gasteiger partial charge in [-0.05, 0) is 38.1 Å². The van der Waals surface area contributed by atoms with E-state index in [4.69, 9.17) is 0 Å². The third-order valence-electron chi connectivity index (χ3n) is 2.42. The molecule has 0 radical (unpaired) electrons. The smallest absolute Gasteiger partial charge is 0.324 e. The van der Waals surface area contributed by atoms with Gasteiger partial charge in [0.15, 0.2) is 0 Å². The highest BCUT2D eigenvalue weighted by atomic mass is 32.2. The van der Waals surface area contributed by atoms with Crippen LogP contribution in [0.3, 0.4) is 0 Å². The van der Waals surface area contributed by atoms with E-state index in [1.165, 1.54) is 13.8 Å². The number of benzene rings is 1. The Morgan fingerprint density at radius 1 is 1.04 bits per heavy atom. The lowest BCUT2D eigenvalue weighted by Crippen LogP contribution is -2.18. The Morgan fingerprint density at radius 3 is 1.91 bits per heavy atom. The number of nitrogens with one attached hydrogen (secondary N) is 1. The first-order chi connectivity index (χ1) is 10.6. The molecule has 0 aliphatic rings. The monoisotopic (exact) mass is 379 g/mol. The normalized spacial score (nSPS) is 13.2. The first-order valence-electron chi connectivity index (χ1n) is 6.44. The maximum atomic E-state index is 14.0. The molecule has 0 heterocycles. The van der Waals surface area contributed by atoms with E-state index in [1.54, 1.807) is 0 Å². The van der Waals surface area contributed by atoms with E-state index in [-0.39, 0.29) is 30.8 Å². The quantitative estimate of drug-likeness (QED) is 0.363. The molecule has 1 aromatic rings. The van der Waals surface area contributed by atoms with Crippen molar-refractivity contribution in [1.29, 1.82) is 0 Å². The van der Waals surface area contributed by atoms with Crippen molar-refractivity contribution in [2.24, 2.45) is 0 Å². The van der Waals surface area contributed by atoms with Gasteiger partial charge >= 0.3 is 18.8 Å². The van der Waals surface area contributed by atoms with E-state index in [2.05, 4.69) is 13.8 Å². The number of rotatable bonds is 8. The van der Waals surface area contributed by atoms with Crippen LogP contribution in [0.5, 0.6) is 0 Å². The van der Waals surface area contributed by atoms with Crippen LogP contribution >= 0.6 is 19.5 Å². The Kier molecular flexibility index (Phi) is 6.88. The van der Waals surface area contributed by atoms with E-state index in [0.717, 1.165) is 24.3 Å². The summed E-state index contributed by atoms with van der Waals surface area (Å²) in [6.07, 6.45) is -4.52. The lowest BCUT2D eigenvalue weighted by molar-refractivity contribution is -0.137. The second-order valence-corrected chi connectivity index (χ2v) is 7.39. The highest BCUT2D eigenvalue weighted by molar-refractivity contribution is 8.07. The molecule has 0 fully saturated rings. The fourth-order valence-electron chi connectivity index (χ4n) is 1.43. The molecule has 0 saturated carbocycles. The van der Waals surface area contributed by atoms with Gasteiger partial charge in [-0.15, -0.1) is 0 Å². The maximum absolute atomic E-state index is 14.0. The van der Waals surface area contributed by atoms with Crippen LogP contribution in [0.4, 0.5) is 27.6 Å². The zero-order valence-electron chi connectivity index (χ0n) is 12.2. The summed E-state index contributed by atoms with van der Waals surface area (Å²) < 4.78 is 88.5. The van der Waals surface area contributed by atoms with Crippen LogP contribution in [-0.2, 0) is 19.8 Å². The summed E-state index contributed by atoms with van der Waals surface area (Å²) in [5.74, 6) is 0. The SMILES string of the molecule is CCOP(=O)(OCC)C(F)(F)SNc1ccc(C(F)(F)F)cc1. The number of anilines is 1. The minimum absolute atomic E-state index is 0.0118. The topological polar surface area (TPSA) is 47.6 Å². The van der Waals surface area contributed by atoms with Gasteiger partial charge < -0.3 is 13.8 Å². The van der Waals surface area contributed by atoms with E-state index in [0.29, 0.717) is 0 Å². The molecule has 132 valence electrons. The maximum Gasteiger partial charge on any atom is 0.416 e. The second-order valence-electron chi connectivity index (χ2n) is 4.10. The summed E-state index contributed by atoms with van der Waals surface area (Å²) in [4.78, 5) is -3.91. The number of alkyl halides is 5. The van der Waals surface area contributed by atoms with Crippen molar-refractivity contribution in [1.82, 2.24) is 0 Å². The molecule has 0 saturated heterocycles. The molecule has 1 N–H and O–H groups in total. The van der Waals surface area contributed by atoms with Gasteiger partial charge in [0, 0.05) is 17.6 Å². The van der Waals surface area contributed by atoms with Crippen molar-refractivity contribution in [3.05, 3.63) is 29.8 Å². The van der Waals surface area contributed by atoms with Crippen LogP contribution in [0.25, 0.3) is 0 Å². The summed E-state index contributed by atoms with van der Waals surface area (Å²) >= 11 is -0.246. The van der Waals surface area contributed by atoms with Crippen LogP contribution in [0.15, 0.2) is 24.3 Å². The molecular weight excluding hydrogens is 364 g/mol. The van der Waals surface area contributed by atoms with Crippen LogP contribution in [0.2, 0.25) is 0 Å². The van der Waals surface area contributed by atoms with Gasteiger partial charge in [0.05, 0.1) is 18.8 Å². The summed E-state index contributed by atoms with van der Waals surface area (Å²) in [6, 6.07) is 3.45. The summed E-state index contributed by atoms with van der Waals surface area (Å²) in [7, 11) is -4.71. The molecule has 1 rings (SSSR count). The van der Waals surface area contributed by atoms with Crippen molar-refractivity contribution in [3.63, 3.8) is 0 Å². The largest absolute Gasteiger partial charge is 0.416 e. The van der Waals surface area contributed by atoms with Gasteiger partial charge in [-0.1, -0.05) is 0 Å². The number of hydrogen-bond acceptors (Lipinski definition) is 5. The van der Waals surface area contributed by atoms with E-state index >= 15 is 0 Å². The first-order valence-corrected chi connectivity index (χ1v) is 8.80. The average Bonchev–Trinajstić information content (AvgIpc) is 2.45. The van der Waals surface area contributed by atoms with E-state index < -0.39 is 24.3 Å². The Morgan fingerprint density at radius 2 is 1.52 bits per heavy atom. The molecule has 0 amide bonds. The van der Waals surface area contributed by atoms with Gasteiger partial charge in [-0.2, -0.15) is 22.0 Å².